The number of carbonyl (C=O) groups is 1. The zero-order valence-electron chi connectivity index (χ0n) is 8.53. The van der Waals surface area contributed by atoms with Gasteiger partial charge >= 0.3 is 0 Å². The molecule has 5 heteroatoms. The molecule has 0 atom stereocenters. The molecule has 0 radical (unpaired) electrons. The van der Waals surface area contributed by atoms with E-state index in [0.29, 0.717) is 15.7 Å². The van der Waals surface area contributed by atoms with Crippen molar-refractivity contribution in [1.29, 1.82) is 0 Å². The molecule has 0 fully saturated rings. The van der Waals surface area contributed by atoms with Crippen molar-refractivity contribution in [2.24, 2.45) is 0 Å². The monoisotopic (exact) mass is 252 g/mol. The van der Waals surface area contributed by atoms with E-state index in [9.17, 15) is 4.79 Å². The Morgan fingerprint density at radius 3 is 2.94 bits per heavy atom. The molecule has 0 unspecified atom stereocenters. The average Bonchev–Trinajstić information content (AvgIpc) is 2.77. The molecule has 0 aliphatic heterocycles. The molecule has 0 bridgehead atoms. The Morgan fingerprint density at radius 2 is 2.31 bits per heavy atom. The molecule has 0 aliphatic carbocycles. The number of nitrogens with one attached hydrogen (secondary N) is 1. The van der Waals surface area contributed by atoms with Crippen LogP contribution in [-0.2, 0) is 0 Å². The van der Waals surface area contributed by atoms with Crippen LogP contribution in [-0.4, -0.2) is 10.9 Å². The first-order valence-electron chi connectivity index (χ1n) is 4.64. The van der Waals surface area contributed by atoms with Crippen molar-refractivity contribution in [2.45, 2.75) is 6.92 Å². The number of amides is 1. The van der Waals surface area contributed by atoms with Crippen LogP contribution in [0.3, 0.4) is 0 Å². The van der Waals surface area contributed by atoms with E-state index in [4.69, 9.17) is 11.6 Å². The summed E-state index contributed by atoms with van der Waals surface area (Å²) < 4.78 is 0. The van der Waals surface area contributed by atoms with Gasteiger partial charge in [-0.05, 0) is 24.6 Å². The van der Waals surface area contributed by atoms with Gasteiger partial charge in [0.05, 0.1) is 0 Å². The number of halogens is 1. The Balaban J connectivity index is 2.15. The Labute approximate surface area is 102 Å². The Hall–Kier alpha value is -1.39. The van der Waals surface area contributed by atoms with Gasteiger partial charge in [0, 0.05) is 22.3 Å². The van der Waals surface area contributed by atoms with Crippen molar-refractivity contribution in [3.8, 4) is 0 Å². The topological polar surface area (TPSA) is 42.0 Å². The van der Waals surface area contributed by atoms with Crippen LogP contribution in [0.25, 0.3) is 0 Å². The van der Waals surface area contributed by atoms with E-state index in [-0.39, 0.29) is 5.91 Å². The number of aryl methyl sites for hydroxylation is 1. The summed E-state index contributed by atoms with van der Waals surface area (Å²) in [5.74, 6) is -0.213. The second-order valence-corrected chi connectivity index (χ2v) is 4.56. The van der Waals surface area contributed by atoms with Gasteiger partial charge < -0.3 is 5.32 Å². The fourth-order valence-corrected chi connectivity index (χ4v) is 1.90. The molecule has 1 amide bonds. The Morgan fingerprint density at radius 1 is 1.50 bits per heavy atom. The molecule has 1 N–H and O–H groups in total. The smallest absolute Gasteiger partial charge is 0.284 e. The summed E-state index contributed by atoms with van der Waals surface area (Å²) in [6, 6.07) is 5.40. The maximum Gasteiger partial charge on any atom is 0.284 e. The molecule has 0 saturated heterocycles. The van der Waals surface area contributed by atoms with Crippen LogP contribution in [0, 0.1) is 6.92 Å². The third kappa shape index (κ3) is 2.40. The SMILES string of the molecule is Cc1ccc(NC(=O)c2nccs2)cc1Cl. The zero-order valence-corrected chi connectivity index (χ0v) is 10.1. The first-order chi connectivity index (χ1) is 7.66. The summed E-state index contributed by atoms with van der Waals surface area (Å²) in [7, 11) is 0. The van der Waals surface area contributed by atoms with Gasteiger partial charge in [0.15, 0.2) is 5.01 Å². The van der Waals surface area contributed by atoms with E-state index in [0.717, 1.165) is 5.56 Å². The number of hydrogen-bond acceptors (Lipinski definition) is 3. The number of nitrogens with zero attached hydrogens (tertiary/aromatic N) is 1. The highest BCUT2D eigenvalue weighted by atomic mass is 35.5. The lowest BCUT2D eigenvalue weighted by atomic mass is 10.2. The van der Waals surface area contributed by atoms with Crippen LogP contribution in [0.15, 0.2) is 29.8 Å². The molecular formula is C11H9ClN2OS. The van der Waals surface area contributed by atoms with Crippen LogP contribution in [0.4, 0.5) is 5.69 Å². The summed E-state index contributed by atoms with van der Waals surface area (Å²) in [6.45, 7) is 1.91. The number of thiazole rings is 1. The molecule has 1 aromatic heterocycles. The van der Waals surface area contributed by atoms with Gasteiger partial charge in [-0.2, -0.15) is 0 Å². The molecule has 3 nitrogen and oxygen atoms in total. The van der Waals surface area contributed by atoms with E-state index in [1.165, 1.54) is 11.3 Å². The molecule has 16 heavy (non-hydrogen) atoms. The van der Waals surface area contributed by atoms with Crippen molar-refractivity contribution >= 4 is 34.5 Å². The van der Waals surface area contributed by atoms with Crippen molar-refractivity contribution in [1.82, 2.24) is 4.98 Å². The summed E-state index contributed by atoms with van der Waals surface area (Å²) in [4.78, 5) is 15.6. The van der Waals surface area contributed by atoms with Crippen LogP contribution in [0.2, 0.25) is 5.02 Å². The number of hydrogen-bond donors (Lipinski definition) is 1. The third-order valence-electron chi connectivity index (χ3n) is 2.06. The summed E-state index contributed by atoms with van der Waals surface area (Å²) in [5.41, 5.74) is 1.66. The van der Waals surface area contributed by atoms with E-state index in [2.05, 4.69) is 10.3 Å². The molecule has 1 heterocycles. The van der Waals surface area contributed by atoms with E-state index in [1.807, 2.05) is 19.1 Å². The second kappa shape index (κ2) is 4.63. The largest absolute Gasteiger partial charge is 0.320 e. The predicted molar refractivity (Wildman–Crippen MR) is 66.3 cm³/mol. The number of benzene rings is 1. The van der Waals surface area contributed by atoms with Crippen molar-refractivity contribution in [2.75, 3.05) is 5.32 Å². The zero-order chi connectivity index (χ0) is 11.5. The fourth-order valence-electron chi connectivity index (χ4n) is 1.19. The third-order valence-corrected chi connectivity index (χ3v) is 3.24. The summed E-state index contributed by atoms with van der Waals surface area (Å²) >= 11 is 7.26. The first kappa shape index (κ1) is 11.1. The van der Waals surface area contributed by atoms with E-state index in [1.54, 1.807) is 17.6 Å². The molecule has 0 spiro atoms. The van der Waals surface area contributed by atoms with Crippen LogP contribution in [0.1, 0.15) is 15.4 Å². The minimum atomic E-state index is -0.213. The maximum absolute atomic E-state index is 11.7. The van der Waals surface area contributed by atoms with Crippen molar-refractivity contribution in [3.63, 3.8) is 0 Å². The molecule has 82 valence electrons. The first-order valence-corrected chi connectivity index (χ1v) is 5.89. The molecule has 1 aromatic carbocycles. The molecule has 0 saturated carbocycles. The van der Waals surface area contributed by atoms with Crippen molar-refractivity contribution in [3.05, 3.63) is 45.4 Å². The molecule has 0 aliphatic rings. The predicted octanol–water partition coefficient (Wildman–Crippen LogP) is 3.36. The molecular weight excluding hydrogens is 244 g/mol. The standard InChI is InChI=1S/C11H9ClN2OS/c1-7-2-3-8(6-9(7)12)14-10(15)11-13-4-5-16-11/h2-6H,1H3,(H,14,15). The van der Waals surface area contributed by atoms with Gasteiger partial charge in [0.25, 0.3) is 5.91 Å². The van der Waals surface area contributed by atoms with Crippen LogP contribution >= 0.6 is 22.9 Å². The highest BCUT2D eigenvalue weighted by molar-refractivity contribution is 7.11. The van der Waals surface area contributed by atoms with Crippen LogP contribution < -0.4 is 5.32 Å². The number of carbonyl (C=O) groups excluding carboxylic acids is 1. The minimum absolute atomic E-state index is 0.213. The highest BCUT2D eigenvalue weighted by Crippen LogP contribution is 2.20. The Kier molecular flexibility index (Phi) is 3.22. The summed E-state index contributed by atoms with van der Waals surface area (Å²) in [6.07, 6.45) is 1.60. The van der Waals surface area contributed by atoms with Gasteiger partial charge in [0.2, 0.25) is 0 Å². The van der Waals surface area contributed by atoms with Gasteiger partial charge in [-0.25, -0.2) is 4.98 Å². The average molecular weight is 253 g/mol. The number of rotatable bonds is 2. The Bertz CT molecular complexity index is 511. The molecule has 2 rings (SSSR count). The minimum Gasteiger partial charge on any atom is -0.320 e. The number of aromatic nitrogens is 1. The quantitative estimate of drug-likeness (QED) is 0.891. The fraction of sp³-hybridized carbons (Fsp3) is 0.0909. The molecule has 2 aromatic rings. The normalized spacial score (nSPS) is 10.1. The highest BCUT2D eigenvalue weighted by Gasteiger charge is 2.08. The van der Waals surface area contributed by atoms with Crippen molar-refractivity contribution < 1.29 is 4.79 Å². The summed E-state index contributed by atoms with van der Waals surface area (Å²) in [5, 5.41) is 5.58. The van der Waals surface area contributed by atoms with E-state index < -0.39 is 0 Å². The number of anilines is 1. The van der Waals surface area contributed by atoms with E-state index >= 15 is 0 Å². The van der Waals surface area contributed by atoms with Gasteiger partial charge in [0.1, 0.15) is 0 Å². The van der Waals surface area contributed by atoms with Gasteiger partial charge in [-0.1, -0.05) is 17.7 Å². The van der Waals surface area contributed by atoms with Gasteiger partial charge in [-0.3, -0.25) is 4.79 Å². The maximum atomic E-state index is 11.7. The second-order valence-electron chi connectivity index (χ2n) is 3.26. The lowest BCUT2D eigenvalue weighted by molar-refractivity contribution is 0.102. The van der Waals surface area contributed by atoms with Crippen LogP contribution in [0.5, 0.6) is 0 Å². The van der Waals surface area contributed by atoms with Gasteiger partial charge in [-0.15, -0.1) is 11.3 Å². The lowest BCUT2D eigenvalue weighted by Crippen LogP contribution is -2.11. The lowest BCUT2D eigenvalue weighted by Gasteiger charge is -2.04.